The third-order valence-corrected chi connectivity index (χ3v) is 2.93. The van der Waals surface area contributed by atoms with Gasteiger partial charge in [-0.25, -0.2) is 4.98 Å². The molecule has 0 saturated heterocycles. The number of anilines is 1. The van der Waals surface area contributed by atoms with E-state index in [0.29, 0.717) is 21.2 Å². The fraction of sp³-hybridized carbons (Fsp3) is 0.250. The van der Waals surface area contributed by atoms with Crippen molar-refractivity contribution in [3.8, 4) is 5.88 Å². The molecule has 0 fully saturated rings. The van der Waals surface area contributed by atoms with Crippen molar-refractivity contribution in [2.24, 2.45) is 0 Å². The lowest BCUT2D eigenvalue weighted by molar-refractivity contribution is -0.122. The van der Waals surface area contributed by atoms with Gasteiger partial charge in [0.2, 0.25) is 5.88 Å². The standard InChI is InChI=1S/C8H6BrClN2O2/c1-3-7(13)11-5-2-4(10)6(9)12-8(5)14-3/h2-3H,1H3,(H,11,13)/t3-/m1/s1. The summed E-state index contributed by atoms with van der Waals surface area (Å²) in [7, 11) is 0. The maximum Gasteiger partial charge on any atom is 0.265 e. The normalized spacial score (nSPS) is 19.6. The van der Waals surface area contributed by atoms with Crippen LogP contribution in [0.5, 0.6) is 5.88 Å². The topological polar surface area (TPSA) is 51.2 Å². The van der Waals surface area contributed by atoms with Crippen LogP contribution in [0.1, 0.15) is 6.92 Å². The Morgan fingerprint density at radius 1 is 1.71 bits per heavy atom. The van der Waals surface area contributed by atoms with Gasteiger partial charge in [0.25, 0.3) is 5.91 Å². The molecule has 0 unspecified atom stereocenters. The molecule has 0 spiro atoms. The summed E-state index contributed by atoms with van der Waals surface area (Å²) in [6.07, 6.45) is -0.525. The van der Waals surface area contributed by atoms with Gasteiger partial charge in [0.1, 0.15) is 10.3 Å². The van der Waals surface area contributed by atoms with Crippen molar-refractivity contribution in [1.82, 2.24) is 4.98 Å². The average Bonchev–Trinajstić information content (AvgIpc) is 2.11. The second-order valence-corrected chi connectivity index (χ2v) is 4.02. The fourth-order valence-corrected chi connectivity index (χ4v) is 1.51. The molecular weight excluding hydrogens is 271 g/mol. The minimum Gasteiger partial charge on any atom is -0.463 e. The van der Waals surface area contributed by atoms with Crippen LogP contribution in [-0.2, 0) is 4.79 Å². The first-order chi connectivity index (χ1) is 6.58. The van der Waals surface area contributed by atoms with Crippen molar-refractivity contribution in [1.29, 1.82) is 0 Å². The van der Waals surface area contributed by atoms with Crippen LogP contribution in [0.3, 0.4) is 0 Å². The van der Waals surface area contributed by atoms with Crippen molar-refractivity contribution in [3.05, 3.63) is 15.7 Å². The van der Waals surface area contributed by atoms with E-state index in [2.05, 4.69) is 26.2 Å². The Balaban J connectivity index is 2.47. The van der Waals surface area contributed by atoms with E-state index >= 15 is 0 Å². The number of amides is 1. The molecule has 14 heavy (non-hydrogen) atoms. The highest BCUT2D eigenvalue weighted by atomic mass is 79.9. The highest BCUT2D eigenvalue weighted by Gasteiger charge is 2.25. The molecule has 1 aliphatic heterocycles. The van der Waals surface area contributed by atoms with Crippen molar-refractivity contribution in [3.63, 3.8) is 0 Å². The van der Waals surface area contributed by atoms with Gasteiger partial charge < -0.3 is 10.1 Å². The van der Waals surface area contributed by atoms with Gasteiger partial charge in [-0.1, -0.05) is 11.6 Å². The van der Waals surface area contributed by atoms with Gasteiger partial charge in [-0.15, -0.1) is 0 Å². The highest BCUT2D eigenvalue weighted by molar-refractivity contribution is 9.10. The van der Waals surface area contributed by atoms with E-state index in [1.54, 1.807) is 13.0 Å². The summed E-state index contributed by atoms with van der Waals surface area (Å²) in [6.45, 7) is 1.66. The van der Waals surface area contributed by atoms with Gasteiger partial charge in [-0.05, 0) is 28.9 Å². The second kappa shape index (κ2) is 3.40. The Morgan fingerprint density at radius 3 is 3.14 bits per heavy atom. The molecule has 1 amide bonds. The summed E-state index contributed by atoms with van der Waals surface area (Å²) in [5, 5.41) is 3.08. The van der Waals surface area contributed by atoms with Gasteiger partial charge in [0.05, 0.1) is 5.02 Å². The summed E-state index contributed by atoms with van der Waals surface area (Å²) in [5.41, 5.74) is 0.501. The van der Waals surface area contributed by atoms with Crippen LogP contribution in [0.2, 0.25) is 5.02 Å². The first-order valence-corrected chi connectivity index (χ1v) is 5.08. The number of ether oxygens (including phenoxy) is 1. The molecule has 0 aliphatic carbocycles. The molecule has 0 aromatic carbocycles. The number of pyridine rings is 1. The smallest absolute Gasteiger partial charge is 0.265 e. The van der Waals surface area contributed by atoms with Crippen LogP contribution >= 0.6 is 27.5 Å². The zero-order chi connectivity index (χ0) is 10.3. The third kappa shape index (κ3) is 1.57. The van der Waals surface area contributed by atoms with E-state index in [1.165, 1.54) is 0 Å². The molecule has 1 aromatic rings. The molecule has 0 bridgehead atoms. The molecule has 2 rings (SSSR count). The van der Waals surface area contributed by atoms with Gasteiger partial charge in [0, 0.05) is 0 Å². The molecule has 1 N–H and O–H groups in total. The van der Waals surface area contributed by atoms with Crippen molar-refractivity contribution in [2.45, 2.75) is 13.0 Å². The molecule has 0 radical (unpaired) electrons. The highest BCUT2D eigenvalue weighted by Crippen LogP contribution is 2.33. The van der Waals surface area contributed by atoms with Crippen LogP contribution in [0.15, 0.2) is 10.7 Å². The van der Waals surface area contributed by atoms with Crippen LogP contribution in [0.4, 0.5) is 5.69 Å². The predicted octanol–water partition coefficient (Wildman–Crippen LogP) is 2.22. The van der Waals surface area contributed by atoms with Crippen LogP contribution in [0.25, 0.3) is 0 Å². The second-order valence-electron chi connectivity index (χ2n) is 2.86. The number of halogens is 2. The lowest BCUT2D eigenvalue weighted by Crippen LogP contribution is -2.34. The number of fused-ring (bicyclic) bond motifs is 1. The summed E-state index contributed by atoms with van der Waals surface area (Å²) >= 11 is 8.99. The molecule has 1 aliphatic rings. The number of aromatic nitrogens is 1. The zero-order valence-electron chi connectivity index (χ0n) is 7.17. The van der Waals surface area contributed by atoms with Gasteiger partial charge in [-0.2, -0.15) is 0 Å². The van der Waals surface area contributed by atoms with E-state index in [9.17, 15) is 4.79 Å². The lowest BCUT2D eigenvalue weighted by Gasteiger charge is -2.22. The van der Waals surface area contributed by atoms with Crippen molar-refractivity contribution >= 4 is 39.1 Å². The van der Waals surface area contributed by atoms with Crippen LogP contribution in [0, 0.1) is 0 Å². The number of hydrogen-bond donors (Lipinski definition) is 1. The number of nitrogens with zero attached hydrogens (tertiary/aromatic N) is 1. The fourth-order valence-electron chi connectivity index (χ4n) is 1.09. The van der Waals surface area contributed by atoms with Gasteiger partial charge in [-0.3, -0.25) is 4.79 Å². The van der Waals surface area contributed by atoms with Crippen LogP contribution in [-0.4, -0.2) is 17.0 Å². The number of rotatable bonds is 0. The molecule has 1 atom stereocenters. The maximum absolute atomic E-state index is 11.2. The number of nitrogens with one attached hydrogen (secondary N) is 1. The Labute approximate surface area is 93.7 Å². The monoisotopic (exact) mass is 276 g/mol. The molecule has 1 aromatic heterocycles. The largest absolute Gasteiger partial charge is 0.463 e. The molecular formula is C8H6BrClN2O2. The zero-order valence-corrected chi connectivity index (χ0v) is 9.52. The molecule has 74 valence electrons. The maximum atomic E-state index is 11.2. The van der Waals surface area contributed by atoms with Crippen molar-refractivity contribution in [2.75, 3.05) is 5.32 Å². The molecule has 6 heteroatoms. The first-order valence-electron chi connectivity index (χ1n) is 3.91. The van der Waals surface area contributed by atoms with Crippen LogP contribution < -0.4 is 10.1 Å². The van der Waals surface area contributed by atoms with E-state index < -0.39 is 6.10 Å². The Kier molecular flexibility index (Phi) is 2.36. The summed E-state index contributed by atoms with van der Waals surface area (Å²) in [4.78, 5) is 15.3. The van der Waals surface area contributed by atoms with E-state index in [1.807, 2.05) is 0 Å². The summed E-state index contributed by atoms with van der Waals surface area (Å²) < 4.78 is 5.77. The molecule has 4 nitrogen and oxygen atoms in total. The van der Waals surface area contributed by atoms with Gasteiger partial charge in [0.15, 0.2) is 6.10 Å². The van der Waals surface area contributed by atoms with Crippen molar-refractivity contribution < 1.29 is 9.53 Å². The third-order valence-electron chi connectivity index (χ3n) is 1.81. The lowest BCUT2D eigenvalue weighted by atomic mass is 10.3. The summed E-state index contributed by atoms with van der Waals surface area (Å²) in [5.74, 6) is 0.186. The Bertz CT molecular complexity index is 411. The quantitative estimate of drug-likeness (QED) is 0.740. The Morgan fingerprint density at radius 2 is 2.43 bits per heavy atom. The van der Waals surface area contributed by atoms with Gasteiger partial charge >= 0.3 is 0 Å². The molecule has 0 saturated carbocycles. The first kappa shape index (κ1) is 9.73. The molecule has 2 heterocycles. The SMILES string of the molecule is C[C@H]1Oc2nc(Br)c(Cl)cc2NC1=O. The average molecular weight is 278 g/mol. The number of carbonyl (C=O) groups excluding carboxylic acids is 1. The van der Waals surface area contributed by atoms with E-state index in [0.717, 1.165) is 0 Å². The van der Waals surface area contributed by atoms with E-state index in [-0.39, 0.29) is 5.91 Å². The summed E-state index contributed by atoms with van der Waals surface area (Å²) in [6, 6.07) is 1.59. The number of hydrogen-bond acceptors (Lipinski definition) is 3. The minimum atomic E-state index is -0.525. The van der Waals surface area contributed by atoms with E-state index in [4.69, 9.17) is 16.3 Å². The predicted molar refractivity (Wildman–Crippen MR) is 55.7 cm³/mol. The Hall–Kier alpha value is -0.810. The number of carbonyl (C=O) groups is 1. The minimum absolute atomic E-state index is 0.197.